The molecule has 130 valence electrons. The van der Waals surface area contributed by atoms with E-state index in [-0.39, 0.29) is 30.1 Å². The number of hydrogen-bond acceptors (Lipinski definition) is 4. The summed E-state index contributed by atoms with van der Waals surface area (Å²) in [6.45, 7) is 2.73. The largest absolute Gasteiger partial charge is 0.497 e. The average molecular weight is 332 g/mol. The van der Waals surface area contributed by atoms with Crippen molar-refractivity contribution in [2.45, 2.75) is 38.6 Å². The second-order valence-electron chi connectivity index (χ2n) is 6.06. The molecule has 6 nitrogen and oxygen atoms in total. The number of likely N-dealkylation sites (tertiary alicyclic amines) is 1. The SMILES string of the molecule is COc1ccc(C(=O)NC2CCN(C(=O)CCC(C)=O)CC2)cc1. The number of methoxy groups -OCH3 is 1. The van der Waals surface area contributed by atoms with Gasteiger partial charge in [-0.1, -0.05) is 0 Å². The maximum Gasteiger partial charge on any atom is 0.251 e. The van der Waals surface area contributed by atoms with Crippen LogP contribution in [0.1, 0.15) is 43.0 Å². The van der Waals surface area contributed by atoms with E-state index in [4.69, 9.17) is 4.74 Å². The zero-order chi connectivity index (χ0) is 17.5. The Hall–Kier alpha value is -2.37. The summed E-state index contributed by atoms with van der Waals surface area (Å²) in [6, 6.07) is 7.04. The Balaban J connectivity index is 1.78. The Morgan fingerprint density at radius 1 is 1.12 bits per heavy atom. The standard InChI is InChI=1S/C18H24N2O4/c1-13(21)3-8-17(22)20-11-9-15(10-12-20)19-18(23)14-4-6-16(24-2)7-5-14/h4-7,15H,3,8-12H2,1-2H3,(H,19,23). The van der Waals surface area contributed by atoms with E-state index >= 15 is 0 Å². The van der Waals surface area contributed by atoms with Crippen LogP contribution in [0.15, 0.2) is 24.3 Å². The van der Waals surface area contributed by atoms with Crippen LogP contribution in [-0.4, -0.2) is 48.7 Å². The second kappa shape index (κ2) is 8.47. The predicted octanol–water partition coefficient (Wildman–Crippen LogP) is 1.79. The number of rotatable bonds is 6. The average Bonchev–Trinajstić information content (AvgIpc) is 2.60. The van der Waals surface area contributed by atoms with Gasteiger partial charge in [-0.3, -0.25) is 9.59 Å². The summed E-state index contributed by atoms with van der Waals surface area (Å²) < 4.78 is 5.08. The van der Waals surface area contributed by atoms with Crippen molar-refractivity contribution in [2.75, 3.05) is 20.2 Å². The minimum atomic E-state index is -0.112. The normalized spacial score (nSPS) is 15.0. The minimum absolute atomic E-state index is 0.0186. The summed E-state index contributed by atoms with van der Waals surface area (Å²) in [6.07, 6.45) is 2.03. The molecule has 6 heteroatoms. The van der Waals surface area contributed by atoms with Gasteiger partial charge in [-0.05, 0) is 44.0 Å². The van der Waals surface area contributed by atoms with Crippen molar-refractivity contribution in [2.24, 2.45) is 0 Å². The quantitative estimate of drug-likeness (QED) is 0.862. The first-order valence-electron chi connectivity index (χ1n) is 8.21. The highest BCUT2D eigenvalue weighted by atomic mass is 16.5. The number of carbonyl (C=O) groups excluding carboxylic acids is 3. The highest BCUT2D eigenvalue weighted by Gasteiger charge is 2.24. The van der Waals surface area contributed by atoms with Gasteiger partial charge in [0.1, 0.15) is 11.5 Å². The van der Waals surface area contributed by atoms with E-state index in [0.717, 1.165) is 12.8 Å². The molecule has 1 heterocycles. The summed E-state index contributed by atoms with van der Waals surface area (Å²) in [5.41, 5.74) is 0.593. The molecule has 0 atom stereocenters. The van der Waals surface area contributed by atoms with E-state index in [9.17, 15) is 14.4 Å². The van der Waals surface area contributed by atoms with Gasteiger partial charge in [0.15, 0.2) is 0 Å². The third-order valence-electron chi connectivity index (χ3n) is 4.23. The van der Waals surface area contributed by atoms with Crippen LogP contribution < -0.4 is 10.1 Å². The molecule has 0 radical (unpaired) electrons. The lowest BCUT2D eigenvalue weighted by Crippen LogP contribution is -2.46. The van der Waals surface area contributed by atoms with Gasteiger partial charge in [0.25, 0.3) is 5.91 Å². The van der Waals surface area contributed by atoms with E-state index < -0.39 is 0 Å². The summed E-state index contributed by atoms with van der Waals surface area (Å²) in [5, 5.41) is 3.01. The number of amides is 2. The predicted molar refractivity (Wildman–Crippen MR) is 90.0 cm³/mol. The van der Waals surface area contributed by atoms with Gasteiger partial charge < -0.3 is 19.7 Å². The van der Waals surface area contributed by atoms with Gasteiger partial charge in [0, 0.05) is 37.5 Å². The summed E-state index contributed by atoms with van der Waals surface area (Å²) >= 11 is 0. The van der Waals surface area contributed by atoms with Gasteiger partial charge in [0.2, 0.25) is 5.91 Å². The Bertz CT molecular complexity index is 590. The molecule has 1 fully saturated rings. The number of benzene rings is 1. The number of ketones is 1. The third kappa shape index (κ3) is 5.08. The minimum Gasteiger partial charge on any atom is -0.497 e. The number of ether oxygens (including phenoxy) is 1. The topological polar surface area (TPSA) is 75.7 Å². The molecule has 2 rings (SSSR count). The van der Waals surface area contributed by atoms with Crippen LogP contribution in [0.2, 0.25) is 0 Å². The fraction of sp³-hybridized carbons (Fsp3) is 0.500. The molecule has 2 amide bonds. The number of carbonyl (C=O) groups is 3. The fourth-order valence-electron chi connectivity index (χ4n) is 2.73. The lowest BCUT2D eigenvalue weighted by molar-refractivity contribution is -0.133. The fourth-order valence-corrected chi connectivity index (χ4v) is 2.73. The molecule has 0 unspecified atom stereocenters. The Morgan fingerprint density at radius 2 is 1.75 bits per heavy atom. The van der Waals surface area contributed by atoms with Crippen molar-refractivity contribution in [3.05, 3.63) is 29.8 Å². The number of nitrogens with one attached hydrogen (secondary N) is 1. The van der Waals surface area contributed by atoms with Crippen molar-refractivity contribution in [3.8, 4) is 5.75 Å². The van der Waals surface area contributed by atoms with Crippen molar-refractivity contribution >= 4 is 17.6 Å². The molecule has 0 aromatic heterocycles. The summed E-state index contributed by atoms with van der Waals surface area (Å²) in [4.78, 5) is 37.0. The first kappa shape index (κ1) is 18.0. The van der Waals surface area contributed by atoms with E-state index in [2.05, 4.69) is 5.32 Å². The molecule has 1 saturated heterocycles. The molecular weight excluding hydrogens is 308 g/mol. The number of nitrogens with zero attached hydrogens (tertiary/aromatic N) is 1. The third-order valence-corrected chi connectivity index (χ3v) is 4.23. The zero-order valence-electron chi connectivity index (χ0n) is 14.2. The number of hydrogen-bond donors (Lipinski definition) is 1. The Labute approximate surface area is 142 Å². The van der Waals surface area contributed by atoms with Crippen molar-refractivity contribution in [1.82, 2.24) is 10.2 Å². The van der Waals surface area contributed by atoms with Crippen LogP contribution in [0.4, 0.5) is 0 Å². The summed E-state index contributed by atoms with van der Waals surface area (Å²) in [5.74, 6) is 0.651. The molecule has 1 aliphatic rings. The van der Waals surface area contributed by atoms with Gasteiger partial charge in [-0.2, -0.15) is 0 Å². The van der Waals surface area contributed by atoms with Gasteiger partial charge in [0.05, 0.1) is 7.11 Å². The first-order valence-corrected chi connectivity index (χ1v) is 8.21. The molecule has 1 N–H and O–H groups in total. The lowest BCUT2D eigenvalue weighted by atomic mass is 10.0. The van der Waals surface area contributed by atoms with Crippen molar-refractivity contribution in [1.29, 1.82) is 0 Å². The maximum atomic E-state index is 12.2. The molecular formula is C18H24N2O4. The van der Waals surface area contributed by atoms with Crippen molar-refractivity contribution in [3.63, 3.8) is 0 Å². The monoisotopic (exact) mass is 332 g/mol. The van der Waals surface area contributed by atoms with Crippen LogP contribution in [0.3, 0.4) is 0 Å². The van der Waals surface area contributed by atoms with Crippen LogP contribution >= 0.6 is 0 Å². The van der Waals surface area contributed by atoms with E-state index in [1.165, 1.54) is 6.92 Å². The zero-order valence-corrected chi connectivity index (χ0v) is 14.2. The van der Waals surface area contributed by atoms with Crippen LogP contribution in [0.25, 0.3) is 0 Å². The Morgan fingerprint density at radius 3 is 2.29 bits per heavy atom. The van der Waals surface area contributed by atoms with Gasteiger partial charge in [-0.15, -0.1) is 0 Å². The molecule has 0 bridgehead atoms. The number of Topliss-reactive ketones (excluding diaryl/α,β-unsaturated/α-hetero) is 1. The van der Waals surface area contributed by atoms with Crippen LogP contribution in [-0.2, 0) is 9.59 Å². The molecule has 0 aliphatic carbocycles. The highest BCUT2D eigenvalue weighted by Crippen LogP contribution is 2.15. The molecule has 0 spiro atoms. The highest BCUT2D eigenvalue weighted by molar-refractivity contribution is 5.94. The maximum absolute atomic E-state index is 12.2. The van der Waals surface area contributed by atoms with E-state index in [1.807, 2.05) is 0 Å². The Kier molecular flexibility index (Phi) is 6.35. The second-order valence-corrected chi connectivity index (χ2v) is 6.06. The van der Waals surface area contributed by atoms with Gasteiger partial charge in [-0.25, -0.2) is 0 Å². The smallest absolute Gasteiger partial charge is 0.251 e. The van der Waals surface area contributed by atoms with E-state index in [1.54, 1.807) is 36.3 Å². The molecule has 1 aromatic carbocycles. The molecule has 0 saturated carbocycles. The van der Waals surface area contributed by atoms with Crippen molar-refractivity contribution < 1.29 is 19.1 Å². The van der Waals surface area contributed by atoms with E-state index in [0.29, 0.717) is 30.8 Å². The molecule has 1 aromatic rings. The molecule has 1 aliphatic heterocycles. The van der Waals surface area contributed by atoms with Gasteiger partial charge >= 0.3 is 0 Å². The first-order chi connectivity index (χ1) is 11.5. The van der Waals surface area contributed by atoms with Crippen LogP contribution in [0.5, 0.6) is 5.75 Å². The lowest BCUT2D eigenvalue weighted by Gasteiger charge is -2.32. The van der Waals surface area contributed by atoms with Crippen LogP contribution in [0, 0.1) is 0 Å². The number of piperidine rings is 1. The summed E-state index contributed by atoms with van der Waals surface area (Å²) in [7, 11) is 1.58. The molecule has 24 heavy (non-hydrogen) atoms.